The lowest BCUT2D eigenvalue weighted by Gasteiger charge is -2.14. The number of anilines is 1. The number of nitrogens with zero attached hydrogens (tertiary/aromatic N) is 2. The topological polar surface area (TPSA) is 108 Å². The molecule has 2 rings (SSSR count). The van der Waals surface area contributed by atoms with Gasteiger partial charge in [-0.15, -0.1) is 0 Å². The zero-order chi connectivity index (χ0) is 13.3. The van der Waals surface area contributed by atoms with Crippen LogP contribution >= 0.6 is 0 Å². The lowest BCUT2D eigenvalue weighted by atomic mass is 10.1. The first-order valence-corrected chi connectivity index (χ1v) is 5.21. The molecule has 0 bridgehead atoms. The van der Waals surface area contributed by atoms with E-state index in [9.17, 15) is 14.4 Å². The first-order chi connectivity index (χ1) is 8.49. The smallest absolute Gasteiger partial charge is 0.337 e. The monoisotopic (exact) mass is 250 g/mol. The fourth-order valence-corrected chi connectivity index (χ4v) is 1.77. The van der Waals surface area contributed by atoms with Gasteiger partial charge in [-0.25, -0.2) is 9.78 Å². The van der Waals surface area contributed by atoms with Crippen molar-refractivity contribution < 1.29 is 24.6 Å². The summed E-state index contributed by atoms with van der Waals surface area (Å²) in [6.07, 6.45) is 1.08. The average molecular weight is 250 g/mol. The van der Waals surface area contributed by atoms with Crippen LogP contribution in [0, 0.1) is 5.92 Å². The molecule has 0 radical (unpaired) electrons. The molecule has 2 N–H and O–H groups in total. The largest absolute Gasteiger partial charge is 0.481 e. The van der Waals surface area contributed by atoms with Crippen molar-refractivity contribution in [1.29, 1.82) is 0 Å². The number of hydrogen-bond donors (Lipinski definition) is 2. The Morgan fingerprint density at radius 1 is 1.33 bits per heavy atom. The van der Waals surface area contributed by atoms with Gasteiger partial charge in [0.1, 0.15) is 5.82 Å². The van der Waals surface area contributed by atoms with Crippen LogP contribution in [0.2, 0.25) is 0 Å². The third-order valence-electron chi connectivity index (χ3n) is 2.75. The lowest BCUT2D eigenvalue weighted by Crippen LogP contribution is -2.26. The van der Waals surface area contributed by atoms with Crippen LogP contribution in [0.25, 0.3) is 0 Å². The second-order valence-electron chi connectivity index (χ2n) is 3.95. The van der Waals surface area contributed by atoms with Crippen molar-refractivity contribution in [1.82, 2.24) is 4.98 Å². The van der Waals surface area contributed by atoms with Gasteiger partial charge in [-0.1, -0.05) is 0 Å². The highest BCUT2D eigenvalue weighted by Crippen LogP contribution is 2.23. The number of aromatic nitrogens is 1. The first kappa shape index (κ1) is 12.0. The number of hydrogen-bond acceptors (Lipinski definition) is 4. The van der Waals surface area contributed by atoms with Crippen LogP contribution in [0.3, 0.4) is 0 Å². The van der Waals surface area contributed by atoms with E-state index in [4.69, 9.17) is 10.2 Å². The third kappa shape index (κ3) is 2.15. The van der Waals surface area contributed by atoms with E-state index in [0.717, 1.165) is 6.20 Å². The van der Waals surface area contributed by atoms with Gasteiger partial charge in [0.15, 0.2) is 0 Å². The van der Waals surface area contributed by atoms with Gasteiger partial charge in [0, 0.05) is 19.2 Å². The van der Waals surface area contributed by atoms with E-state index in [1.165, 1.54) is 17.0 Å². The molecule has 18 heavy (non-hydrogen) atoms. The molecule has 7 heteroatoms. The Hall–Kier alpha value is -2.44. The number of carboxylic acid groups (broad SMARTS) is 2. The highest BCUT2D eigenvalue weighted by atomic mass is 16.4. The average Bonchev–Trinajstić information content (AvgIpc) is 2.71. The molecular formula is C11H10N2O5. The number of amides is 1. The van der Waals surface area contributed by atoms with E-state index in [1.807, 2.05) is 0 Å². The Kier molecular flexibility index (Phi) is 2.97. The van der Waals surface area contributed by atoms with Crippen LogP contribution < -0.4 is 4.90 Å². The molecule has 1 amide bonds. The molecule has 7 nitrogen and oxygen atoms in total. The predicted octanol–water partition coefficient (Wildman–Crippen LogP) is 0.217. The van der Waals surface area contributed by atoms with Crippen molar-refractivity contribution in [3.8, 4) is 0 Å². The van der Waals surface area contributed by atoms with E-state index in [0.29, 0.717) is 0 Å². The van der Waals surface area contributed by atoms with Crippen molar-refractivity contribution in [2.45, 2.75) is 6.42 Å². The Bertz CT molecular complexity index is 511. The number of aromatic carboxylic acids is 1. The summed E-state index contributed by atoms with van der Waals surface area (Å²) in [6, 6.07) is 2.72. The maximum atomic E-state index is 11.6. The molecule has 2 heterocycles. The van der Waals surface area contributed by atoms with E-state index < -0.39 is 17.9 Å². The van der Waals surface area contributed by atoms with E-state index in [-0.39, 0.29) is 30.3 Å². The van der Waals surface area contributed by atoms with Crippen LogP contribution in [0.5, 0.6) is 0 Å². The van der Waals surface area contributed by atoms with Crippen molar-refractivity contribution in [3.05, 3.63) is 23.9 Å². The van der Waals surface area contributed by atoms with Gasteiger partial charge in [0.25, 0.3) is 0 Å². The zero-order valence-electron chi connectivity index (χ0n) is 9.24. The maximum Gasteiger partial charge on any atom is 0.337 e. The molecule has 0 saturated carbocycles. The van der Waals surface area contributed by atoms with Gasteiger partial charge in [-0.2, -0.15) is 0 Å². The summed E-state index contributed by atoms with van der Waals surface area (Å²) in [5, 5.41) is 17.5. The number of rotatable bonds is 3. The van der Waals surface area contributed by atoms with Gasteiger partial charge in [0.05, 0.1) is 11.5 Å². The highest BCUT2D eigenvalue weighted by molar-refractivity contribution is 5.98. The molecule has 1 saturated heterocycles. The molecule has 94 valence electrons. The quantitative estimate of drug-likeness (QED) is 0.794. The summed E-state index contributed by atoms with van der Waals surface area (Å²) >= 11 is 0. The second-order valence-corrected chi connectivity index (χ2v) is 3.95. The molecule has 1 unspecified atom stereocenters. The van der Waals surface area contributed by atoms with E-state index in [1.54, 1.807) is 0 Å². The van der Waals surface area contributed by atoms with Gasteiger partial charge in [-0.3, -0.25) is 14.5 Å². The fraction of sp³-hybridized carbons (Fsp3) is 0.273. The number of aliphatic carboxylic acids is 1. The normalized spacial score (nSPS) is 19.0. The number of pyridine rings is 1. The molecule has 1 aliphatic heterocycles. The molecule has 1 aliphatic rings. The van der Waals surface area contributed by atoms with Crippen molar-refractivity contribution in [2.24, 2.45) is 5.92 Å². The molecule has 0 aliphatic carbocycles. The van der Waals surface area contributed by atoms with Gasteiger partial charge in [0.2, 0.25) is 5.91 Å². The van der Waals surface area contributed by atoms with Gasteiger partial charge >= 0.3 is 11.9 Å². The van der Waals surface area contributed by atoms with Crippen LogP contribution in [0.4, 0.5) is 5.82 Å². The van der Waals surface area contributed by atoms with E-state index >= 15 is 0 Å². The van der Waals surface area contributed by atoms with Crippen molar-refractivity contribution >= 4 is 23.7 Å². The van der Waals surface area contributed by atoms with Crippen LogP contribution in [0.15, 0.2) is 18.3 Å². The Morgan fingerprint density at radius 3 is 2.50 bits per heavy atom. The molecule has 1 fully saturated rings. The van der Waals surface area contributed by atoms with Crippen LogP contribution in [0.1, 0.15) is 16.8 Å². The maximum absolute atomic E-state index is 11.6. The van der Waals surface area contributed by atoms with Crippen molar-refractivity contribution in [2.75, 3.05) is 11.4 Å². The molecule has 0 aromatic carbocycles. The molecule has 1 aromatic heterocycles. The van der Waals surface area contributed by atoms with Crippen LogP contribution in [-0.2, 0) is 9.59 Å². The second kappa shape index (κ2) is 4.44. The Labute approximate surface area is 102 Å². The highest BCUT2D eigenvalue weighted by Gasteiger charge is 2.35. The summed E-state index contributed by atoms with van der Waals surface area (Å²) in [6.45, 7) is 0.0631. The number of carboxylic acids is 2. The summed E-state index contributed by atoms with van der Waals surface area (Å²) in [4.78, 5) is 38.2. The molecule has 1 aromatic rings. The minimum atomic E-state index is -1.11. The predicted molar refractivity (Wildman–Crippen MR) is 59.3 cm³/mol. The zero-order valence-corrected chi connectivity index (χ0v) is 9.24. The number of carbonyl (C=O) groups is 3. The number of carbonyl (C=O) groups excluding carboxylic acids is 1. The third-order valence-corrected chi connectivity index (χ3v) is 2.75. The Balaban J connectivity index is 2.19. The first-order valence-electron chi connectivity index (χ1n) is 5.21. The molecular weight excluding hydrogens is 240 g/mol. The Morgan fingerprint density at radius 2 is 2.06 bits per heavy atom. The lowest BCUT2D eigenvalue weighted by molar-refractivity contribution is -0.141. The SMILES string of the molecule is O=C(O)c1ccc(N2CC(C(=O)O)CC2=O)nc1. The summed E-state index contributed by atoms with van der Waals surface area (Å²) in [7, 11) is 0. The summed E-state index contributed by atoms with van der Waals surface area (Å²) in [5.74, 6) is -2.91. The fourth-order valence-electron chi connectivity index (χ4n) is 1.77. The summed E-state index contributed by atoms with van der Waals surface area (Å²) in [5.41, 5.74) is 0.0141. The van der Waals surface area contributed by atoms with Gasteiger partial charge in [-0.05, 0) is 12.1 Å². The standard InChI is InChI=1S/C11H10N2O5/c14-9-3-7(11(17)18)5-13(9)8-2-1-6(4-12-8)10(15)16/h1-2,4,7H,3,5H2,(H,15,16)(H,17,18). The van der Waals surface area contributed by atoms with E-state index in [2.05, 4.69) is 4.98 Å². The minimum Gasteiger partial charge on any atom is -0.481 e. The molecule has 0 spiro atoms. The van der Waals surface area contributed by atoms with Gasteiger partial charge < -0.3 is 10.2 Å². The summed E-state index contributed by atoms with van der Waals surface area (Å²) < 4.78 is 0. The minimum absolute atomic E-state index is 0.0141. The van der Waals surface area contributed by atoms with Crippen LogP contribution in [-0.4, -0.2) is 39.6 Å². The molecule has 1 atom stereocenters. The van der Waals surface area contributed by atoms with Crippen molar-refractivity contribution in [3.63, 3.8) is 0 Å².